The van der Waals surface area contributed by atoms with Crippen molar-refractivity contribution in [1.82, 2.24) is 0 Å². The minimum absolute atomic E-state index is 0.0172. The molecule has 2 aliphatic carbocycles. The van der Waals surface area contributed by atoms with E-state index < -0.39 is 28.5 Å². The van der Waals surface area contributed by atoms with Gasteiger partial charge in [-0.25, -0.2) is 0 Å². The minimum Gasteiger partial charge on any atom is -0.481 e. The van der Waals surface area contributed by atoms with Gasteiger partial charge in [0, 0.05) is 0 Å². The van der Waals surface area contributed by atoms with Crippen LogP contribution in [0.5, 0.6) is 0 Å². The Morgan fingerprint density at radius 3 is 1.97 bits per heavy atom. The normalized spacial score (nSPS) is 37.7. The molecule has 7 unspecified atom stereocenters. The Morgan fingerprint density at radius 1 is 0.886 bits per heavy atom. The zero-order chi connectivity index (χ0) is 26.1. The monoisotopic (exact) mass is 526 g/mol. The van der Waals surface area contributed by atoms with E-state index in [4.69, 9.17) is 13.6 Å². The van der Waals surface area contributed by atoms with Gasteiger partial charge in [-0.3, -0.25) is 4.79 Å². The summed E-state index contributed by atoms with van der Waals surface area (Å²) in [6, 6.07) is 6.68. The van der Waals surface area contributed by atoms with Crippen LogP contribution < -0.4 is 0 Å². The smallest absolute Gasteiger partial charge is 0.309 e. The number of carboxylic acid groups (broad SMARTS) is 1. The Bertz CT molecular complexity index is 708. The Labute approximate surface area is 217 Å². The third-order valence-electron chi connectivity index (χ3n) is 11.2. The second kappa shape index (κ2) is 11.3. The lowest BCUT2D eigenvalue weighted by molar-refractivity contribution is -0.180. The van der Waals surface area contributed by atoms with Crippen LogP contribution in [-0.2, 0) is 18.4 Å². The Morgan fingerprint density at radius 2 is 1.46 bits per heavy atom. The van der Waals surface area contributed by atoms with Crippen molar-refractivity contribution in [2.24, 2.45) is 22.7 Å². The van der Waals surface area contributed by atoms with Crippen molar-refractivity contribution in [1.29, 1.82) is 0 Å². The number of carboxylic acids is 1. The topological polar surface area (TPSA) is 65.0 Å². The standard InChI is InChI=1S/C28H54O5Si2/c1-9-34(10-2,11-3)31-20-21-19-28(8)23-16-15-22(33-35(12-4,13-5)14-6)25(26(29)30)27(23,7)18-17-24(28)32-21/h21-25H,9-20H2,1-8H3,(H,29,30). The first-order valence-corrected chi connectivity index (χ1v) is 19.8. The highest BCUT2D eigenvalue weighted by molar-refractivity contribution is 6.74. The number of carbonyl (C=O) groups is 1. The first kappa shape index (κ1) is 29.3. The highest BCUT2D eigenvalue weighted by Crippen LogP contribution is 2.64. The summed E-state index contributed by atoms with van der Waals surface area (Å²) < 4.78 is 20.2. The van der Waals surface area contributed by atoms with E-state index in [-0.39, 0.29) is 29.1 Å². The number of rotatable bonds is 12. The van der Waals surface area contributed by atoms with Gasteiger partial charge in [0.2, 0.25) is 0 Å². The van der Waals surface area contributed by atoms with Crippen LogP contribution in [0.15, 0.2) is 0 Å². The summed E-state index contributed by atoms with van der Waals surface area (Å²) in [6.45, 7) is 18.9. The molecular formula is C28H54O5Si2. The van der Waals surface area contributed by atoms with Crippen LogP contribution in [0.4, 0.5) is 0 Å². The summed E-state index contributed by atoms with van der Waals surface area (Å²) in [5.74, 6) is -0.726. The summed E-state index contributed by atoms with van der Waals surface area (Å²) in [4.78, 5) is 12.8. The fourth-order valence-electron chi connectivity index (χ4n) is 8.46. The van der Waals surface area contributed by atoms with E-state index in [0.717, 1.165) is 68.4 Å². The van der Waals surface area contributed by atoms with Gasteiger partial charge in [0.15, 0.2) is 16.6 Å². The number of ether oxygens (including phenoxy) is 1. The molecule has 7 atom stereocenters. The van der Waals surface area contributed by atoms with Crippen LogP contribution in [0.3, 0.4) is 0 Å². The van der Waals surface area contributed by atoms with Crippen LogP contribution in [-0.4, -0.2) is 52.6 Å². The van der Waals surface area contributed by atoms with E-state index in [9.17, 15) is 9.90 Å². The van der Waals surface area contributed by atoms with Crippen LogP contribution in [0, 0.1) is 22.7 Å². The lowest BCUT2D eigenvalue weighted by Gasteiger charge is -2.59. The van der Waals surface area contributed by atoms with Crippen LogP contribution in [0.25, 0.3) is 0 Å². The molecule has 204 valence electrons. The highest BCUT2D eigenvalue weighted by Gasteiger charge is 2.64. The van der Waals surface area contributed by atoms with E-state index >= 15 is 0 Å². The maximum absolute atomic E-state index is 12.8. The number of fused-ring (bicyclic) bond motifs is 3. The molecule has 0 bridgehead atoms. The molecule has 0 aromatic heterocycles. The Kier molecular flexibility index (Phi) is 9.44. The molecule has 0 aromatic carbocycles. The third-order valence-corrected chi connectivity index (χ3v) is 20.5. The van der Waals surface area contributed by atoms with Gasteiger partial charge >= 0.3 is 5.97 Å². The molecule has 1 aliphatic heterocycles. The number of hydrogen-bond acceptors (Lipinski definition) is 4. The van der Waals surface area contributed by atoms with Crippen LogP contribution in [0.1, 0.15) is 87.5 Å². The maximum Gasteiger partial charge on any atom is 0.309 e. The van der Waals surface area contributed by atoms with Crippen molar-refractivity contribution >= 4 is 22.6 Å². The van der Waals surface area contributed by atoms with Gasteiger partial charge in [-0.2, -0.15) is 0 Å². The van der Waals surface area contributed by atoms with Gasteiger partial charge in [0.05, 0.1) is 30.8 Å². The quantitative estimate of drug-likeness (QED) is 0.267. The highest BCUT2D eigenvalue weighted by atomic mass is 28.4. The van der Waals surface area contributed by atoms with Crippen molar-refractivity contribution in [3.63, 3.8) is 0 Å². The number of aliphatic carboxylic acids is 1. The van der Waals surface area contributed by atoms with Crippen LogP contribution in [0.2, 0.25) is 36.3 Å². The molecule has 2 saturated carbocycles. The molecule has 1 heterocycles. The molecule has 0 aromatic rings. The molecule has 1 saturated heterocycles. The van der Waals surface area contributed by atoms with E-state index in [1.165, 1.54) is 0 Å². The van der Waals surface area contributed by atoms with Crippen LogP contribution >= 0.6 is 0 Å². The van der Waals surface area contributed by atoms with Crippen molar-refractivity contribution in [2.75, 3.05) is 6.61 Å². The molecular weight excluding hydrogens is 472 g/mol. The van der Waals surface area contributed by atoms with Crippen molar-refractivity contribution in [2.45, 2.75) is 142 Å². The molecule has 7 heteroatoms. The van der Waals surface area contributed by atoms with Gasteiger partial charge in [-0.15, -0.1) is 0 Å². The minimum atomic E-state index is -1.88. The summed E-state index contributed by atoms with van der Waals surface area (Å²) in [5.41, 5.74) is -0.230. The first-order valence-electron chi connectivity index (χ1n) is 14.7. The van der Waals surface area contributed by atoms with Crippen molar-refractivity contribution < 1.29 is 23.5 Å². The predicted molar refractivity (Wildman–Crippen MR) is 148 cm³/mol. The third kappa shape index (κ3) is 5.23. The van der Waals surface area contributed by atoms with Crippen molar-refractivity contribution in [3.05, 3.63) is 0 Å². The molecule has 3 aliphatic rings. The fraction of sp³-hybridized carbons (Fsp3) is 0.964. The molecule has 35 heavy (non-hydrogen) atoms. The lowest BCUT2D eigenvalue weighted by atomic mass is 9.46. The fourth-order valence-corrected chi connectivity index (χ4v) is 14.0. The van der Waals surface area contributed by atoms with E-state index in [0.29, 0.717) is 12.5 Å². The number of hydrogen-bond donors (Lipinski definition) is 1. The van der Waals surface area contributed by atoms with E-state index in [1.807, 2.05) is 0 Å². The van der Waals surface area contributed by atoms with Gasteiger partial charge in [0.1, 0.15) is 0 Å². The molecule has 1 N–H and O–H groups in total. The Hall–Kier alpha value is -0.216. The zero-order valence-electron chi connectivity index (χ0n) is 24.0. The molecule has 0 spiro atoms. The van der Waals surface area contributed by atoms with Gasteiger partial charge in [-0.1, -0.05) is 55.4 Å². The molecule has 0 radical (unpaired) electrons. The molecule has 3 fully saturated rings. The van der Waals surface area contributed by atoms with Gasteiger partial charge in [0.25, 0.3) is 0 Å². The van der Waals surface area contributed by atoms with Gasteiger partial charge < -0.3 is 18.7 Å². The largest absolute Gasteiger partial charge is 0.481 e. The zero-order valence-corrected chi connectivity index (χ0v) is 26.0. The Balaban J connectivity index is 1.81. The summed E-state index contributed by atoms with van der Waals surface area (Å²) in [6.07, 6.45) is 4.99. The summed E-state index contributed by atoms with van der Waals surface area (Å²) in [5, 5.41) is 10.5. The van der Waals surface area contributed by atoms with E-state index in [2.05, 4.69) is 55.4 Å². The second-order valence-corrected chi connectivity index (χ2v) is 21.9. The van der Waals surface area contributed by atoms with Gasteiger partial charge in [-0.05, 0) is 85.1 Å². The average molecular weight is 527 g/mol. The predicted octanol–water partition coefficient (Wildman–Crippen LogP) is 7.47. The molecule has 0 amide bonds. The maximum atomic E-state index is 12.8. The second-order valence-electron chi connectivity index (χ2n) is 12.4. The molecule has 5 nitrogen and oxygen atoms in total. The SMILES string of the molecule is CC[Si](CC)(CC)OCC1CC2(C)C(CCC3(C)C(C(=O)O)C(O[Si](CC)(CC)CC)CCC23)O1. The first-order chi connectivity index (χ1) is 16.5. The molecule has 3 rings (SSSR count). The average Bonchev–Trinajstić information content (AvgIpc) is 3.19. The summed E-state index contributed by atoms with van der Waals surface area (Å²) in [7, 11) is -3.53. The lowest BCUT2D eigenvalue weighted by Crippen LogP contribution is -2.60. The van der Waals surface area contributed by atoms with Crippen molar-refractivity contribution in [3.8, 4) is 0 Å². The summed E-state index contributed by atoms with van der Waals surface area (Å²) >= 11 is 0. The van der Waals surface area contributed by atoms with E-state index in [1.54, 1.807) is 0 Å².